The first kappa shape index (κ1) is 22.0. The molecule has 0 saturated carbocycles. The second-order valence-corrected chi connectivity index (χ2v) is 7.19. The molecule has 0 unspecified atom stereocenters. The van der Waals surface area contributed by atoms with Gasteiger partial charge in [-0.3, -0.25) is 14.9 Å². The van der Waals surface area contributed by atoms with Crippen molar-refractivity contribution in [1.29, 1.82) is 0 Å². The molecule has 3 N–H and O–H groups in total. The molecular weight excluding hydrogens is 410 g/mol. The number of anilines is 2. The SMILES string of the molecule is CC(=O)Nc1cccc(NC(=S)NC(=O)c2cccc(OCCc3ccccc3)c2)c1. The molecule has 0 spiro atoms. The van der Waals surface area contributed by atoms with Gasteiger partial charge in [-0.1, -0.05) is 42.5 Å². The van der Waals surface area contributed by atoms with E-state index in [2.05, 4.69) is 16.0 Å². The number of carbonyl (C=O) groups excluding carboxylic acids is 2. The second kappa shape index (κ2) is 10.9. The smallest absolute Gasteiger partial charge is 0.257 e. The summed E-state index contributed by atoms with van der Waals surface area (Å²) in [4.78, 5) is 23.7. The number of thiocarbonyl (C=S) groups is 1. The van der Waals surface area contributed by atoms with E-state index in [1.165, 1.54) is 12.5 Å². The lowest BCUT2D eigenvalue weighted by atomic mass is 10.2. The average Bonchev–Trinajstić information content (AvgIpc) is 2.74. The molecule has 158 valence electrons. The van der Waals surface area contributed by atoms with E-state index in [0.717, 1.165) is 6.42 Å². The lowest BCUT2D eigenvalue weighted by Crippen LogP contribution is -2.34. The van der Waals surface area contributed by atoms with Gasteiger partial charge in [-0.2, -0.15) is 0 Å². The molecule has 0 heterocycles. The van der Waals surface area contributed by atoms with E-state index in [1.54, 1.807) is 42.5 Å². The van der Waals surface area contributed by atoms with Crippen LogP contribution in [0.25, 0.3) is 0 Å². The van der Waals surface area contributed by atoms with Gasteiger partial charge in [-0.15, -0.1) is 0 Å². The second-order valence-electron chi connectivity index (χ2n) is 6.78. The molecule has 0 fully saturated rings. The molecule has 0 atom stereocenters. The van der Waals surface area contributed by atoms with Gasteiger partial charge in [0.15, 0.2) is 5.11 Å². The Morgan fingerprint density at radius 1 is 0.871 bits per heavy atom. The van der Waals surface area contributed by atoms with Crippen LogP contribution in [0, 0.1) is 0 Å². The normalized spacial score (nSPS) is 10.1. The quantitative estimate of drug-likeness (QED) is 0.482. The van der Waals surface area contributed by atoms with Crippen molar-refractivity contribution in [2.24, 2.45) is 0 Å². The summed E-state index contributed by atoms with van der Waals surface area (Å²) >= 11 is 5.24. The van der Waals surface area contributed by atoms with Crippen LogP contribution < -0.4 is 20.7 Å². The van der Waals surface area contributed by atoms with Crippen molar-refractivity contribution in [3.05, 3.63) is 90.0 Å². The van der Waals surface area contributed by atoms with Gasteiger partial charge < -0.3 is 15.4 Å². The molecule has 0 aliphatic heterocycles. The molecule has 0 aliphatic carbocycles. The van der Waals surface area contributed by atoms with Crippen LogP contribution >= 0.6 is 12.2 Å². The number of nitrogens with one attached hydrogen (secondary N) is 3. The lowest BCUT2D eigenvalue weighted by molar-refractivity contribution is -0.114. The van der Waals surface area contributed by atoms with Crippen molar-refractivity contribution in [2.45, 2.75) is 13.3 Å². The average molecular weight is 434 g/mol. The molecule has 3 aromatic rings. The van der Waals surface area contributed by atoms with E-state index in [-0.39, 0.29) is 16.9 Å². The van der Waals surface area contributed by atoms with E-state index in [4.69, 9.17) is 17.0 Å². The maximum atomic E-state index is 12.6. The lowest BCUT2D eigenvalue weighted by Gasteiger charge is -2.12. The van der Waals surface area contributed by atoms with Crippen LogP contribution in [0.3, 0.4) is 0 Å². The van der Waals surface area contributed by atoms with Crippen LogP contribution in [0.4, 0.5) is 11.4 Å². The fourth-order valence-corrected chi connectivity index (χ4v) is 3.08. The molecule has 0 saturated heterocycles. The highest BCUT2D eigenvalue weighted by molar-refractivity contribution is 7.80. The minimum atomic E-state index is -0.343. The summed E-state index contributed by atoms with van der Waals surface area (Å²) in [6.45, 7) is 1.95. The van der Waals surface area contributed by atoms with Crippen LogP contribution in [0.2, 0.25) is 0 Å². The zero-order valence-corrected chi connectivity index (χ0v) is 17.9. The zero-order chi connectivity index (χ0) is 22.1. The Kier molecular flexibility index (Phi) is 7.73. The molecule has 7 heteroatoms. The Morgan fingerprint density at radius 2 is 1.58 bits per heavy atom. The van der Waals surface area contributed by atoms with Crippen molar-refractivity contribution in [3.63, 3.8) is 0 Å². The summed E-state index contributed by atoms with van der Waals surface area (Å²) < 4.78 is 5.78. The van der Waals surface area contributed by atoms with Gasteiger partial charge in [-0.05, 0) is 54.2 Å². The summed E-state index contributed by atoms with van der Waals surface area (Å²) in [5.74, 6) is 0.105. The van der Waals surface area contributed by atoms with Crippen molar-refractivity contribution < 1.29 is 14.3 Å². The molecular formula is C24H23N3O3S. The monoisotopic (exact) mass is 433 g/mol. The molecule has 6 nitrogen and oxygen atoms in total. The van der Waals surface area contributed by atoms with E-state index in [1.807, 2.05) is 36.4 Å². The van der Waals surface area contributed by atoms with E-state index < -0.39 is 0 Å². The number of carbonyl (C=O) groups is 2. The summed E-state index contributed by atoms with van der Waals surface area (Å²) in [5, 5.41) is 8.44. The predicted molar refractivity (Wildman–Crippen MR) is 127 cm³/mol. The highest BCUT2D eigenvalue weighted by atomic mass is 32.1. The van der Waals surface area contributed by atoms with E-state index >= 15 is 0 Å². The Hall–Kier alpha value is -3.71. The van der Waals surface area contributed by atoms with Gasteiger partial charge in [0.2, 0.25) is 5.91 Å². The molecule has 2 amide bonds. The Balaban J connectivity index is 1.53. The van der Waals surface area contributed by atoms with Gasteiger partial charge in [0.1, 0.15) is 5.75 Å². The maximum absolute atomic E-state index is 12.6. The number of amides is 2. The number of hydrogen-bond donors (Lipinski definition) is 3. The van der Waals surface area contributed by atoms with Crippen LogP contribution in [0.5, 0.6) is 5.75 Å². The van der Waals surface area contributed by atoms with E-state index in [0.29, 0.717) is 29.3 Å². The highest BCUT2D eigenvalue weighted by Gasteiger charge is 2.10. The van der Waals surface area contributed by atoms with Crippen molar-refractivity contribution >= 4 is 40.5 Å². The maximum Gasteiger partial charge on any atom is 0.257 e. The fourth-order valence-electron chi connectivity index (χ4n) is 2.87. The molecule has 0 bridgehead atoms. The molecule has 3 aromatic carbocycles. The van der Waals surface area contributed by atoms with Crippen molar-refractivity contribution in [1.82, 2.24) is 5.32 Å². The number of hydrogen-bond acceptors (Lipinski definition) is 4. The molecule has 3 rings (SSSR count). The highest BCUT2D eigenvalue weighted by Crippen LogP contribution is 2.16. The minimum Gasteiger partial charge on any atom is -0.493 e. The fraction of sp³-hybridized carbons (Fsp3) is 0.125. The van der Waals surface area contributed by atoms with Crippen molar-refractivity contribution in [3.8, 4) is 5.75 Å². The molecule has 31 heavy (non-hydrogen) atoms. The first-order valence-corrected chi connectivity index (χ1v) is 10.2. The zero-order valence-electron chi connectivity index (χ0n) is 17.1. The molecule has 0 aliphatic rings. The van der Waals surface area contributed by atoms with Gasteiger partial charge in [0.05, 0.1) is 6.61 Å². The Labute approximate surface area is 186 Å². The van der Waals surface area contributed by atoms with Crippen LogP contribution in [0.15, 0.2) is 78.9 Å². The van der Waals surface area contributed by atoms with Gasteiger partial charge in [0, 0.05) is 30.3 Å². The summed E-state index contributed by atoms with van der Waals surface area (Å²) in [5.41, 5.74) is 2.91. The van der Waals surface area contributed by atoms with Gasteiger partial charge >= 0.3 is 0 Å². The summed E-state index contributed by atoms with van der Waals surface area (Å²) in [7, 11) is 0. The Morgan fingerprint density at radius 3 is 2.32 bits per heavy atom. The first-order chi connectivity index (χ1) is 15.0. The third kappa shape index (κ3) is 7.24. The largest absolute Gasteiger partial charge is 0.493 e. The molecule has 0 aromatic heterocycles. The van der Waals surface area contributed by atoms with Crippen LogP contribution in [-0.4, -0.2) is 23.5 Å². The van der Waals surface area contributed by atoms with Crippen LogP contribution in [0.1, 0.15) is 22.8 Å². The third-order valence-corrected chi connectivity index (χ3v) is 4.47. The first-order valence-electron chi connectivity index (χ1n) is 9.76. The van der Waals surface area contributed by atoms with Crippen LogP contribution in [-0.2, 0) is 11.2 Å². The summed E-state index contributed by atoms with van der Waals surface area (Å²) in [6, 6.07) is 24.1. The number of benzene rings is 3. The number of ether oxygens (including phenoxy) is 1. The van der Waals surface area contributed by atoms with E-state index in [9.17, 15) is 9.59 Å². The van der Waals surface area contributed by atoms with Crippen molar-refractivity contribution in [2.75, 3.05) is 17.2 Å². The molecule has 0 radical (unpaired) electrons. The third-order valence-electron chi connectivity index (χ3n) is 4.27. The topological polar surface area (TPSA) is 79.5 Å². The predicted octanol–water partition coefficient (Wildman–Crippen LogP) is 4.39. The number of rotatable bonds is 7. The Bertz CT molecular complexity index is 1070. The minimum absolute atomic E-state index is 0.153. The van der Waals surface area contributed by atoms with Gasteiger partial charge in [-0.25, -0.2) is 0 Å². The summed E-state index contributed by atoms with van der Waals surface area (Å²) in [6.07, 6.45) is 0.781. The standard InChI is InChI=1S/C24H23N3O3S/c1-17(28)25-20-10-6-11-21(16-20)26-24(31)27-23(29)19-9-5-12-22(15-19)30-14-13-18-7-3-2-4-8-18/h2-12,15-16H,13-14H2,1H3,(H,25,28)(H2,26,27,29,31). The van der Waals surface area contributed by atoms with Gasteiger partial charge in [0.25, 0.3) is 5.91 Å².